The largest absolute Gasteiger partial charge is 0.379 e. The van der Waals surface area contributed by atoms with Crippen molar-refractivity contribution in [2.45, 2.75) is 26.4 Å². The number of halogens is 1. The van der Waals surface area contributed by atoms with E-state index in [9.17, 15) is 4.39 Å². The molecule has 0 saturated carbocycles. The molecule has 1 aliphatic rings. The van der Waals surface area contributed by atoms with E-state index in [-0.39, 0.29) is 12.4 Å². The molecule has 0 amide bonds. The van der Waals surface area contributed by atoms with Crippen LogP contribution in [-0.4, -0.2) is 56.3 Å². The fraction of sp³-hybridized carbons (Fsp3) is 0.556. The molecule has 1 atom stereocenters. The lowest BCUT2D eigenvalue weighted by atomic mass is 10.1. The number of ether oxygens (including phenoxy) is 1. The summed E-state index contributed by atoms with van der Waals surface area (Å²) in [6.45, 7) is 9.20. The molecule has 136 valence electrons. The monoisotopic (exact) mass is 347 g/mol. The first-order valence-corrected chi connectivity index (χ1v) is 8.66. The van der Waals surface area contributed by atoms with Crippen LogP contribution in [0.2, 0.25) is 0 Å². The zero-order chi connectivity index (χ0) is 18.1. The predicted octanol–water partition coefficient (Wildman–Crippen LogP) is 1.47. The Morgan fingerprint density at radius 1 is 1.40 bits per heavy atom. The smallest absolute Gasteiger partial charge is 0.191 e. The Labute approximate surface area is 148 Å². The third kappa shape index (κ3) is 6.00. The van der Waals surface area contributed by atoms with E-state index in [0.29, 0.717) is 23.1 Å². The van der Waals surface area contributed by atoms with Gasteiger partial charge in [0.25, 0.3) is 0 Å². The molecule has 0 radical (unpaired) electrons. The predicted molar refractivity (Wildman–Crippen MR) is 95.8 cm³/mol. The minimum atomic E-state index is -0.347. The summed E-state index contributed by atoms with van der Waals surface area (Å²) in [7, 11) is 0. The summed E-state index contributed by atoms with van der Waals surface area (Å²) in [4.78, 5) is 6.81. The molecule has 1 heterocycles. The second kappa shape index (κ2) is 9.97. The van der Waals surface area contributed by atoms with E-state index >= 15 is 0 Å². The van der Waals surface area contributed by atoms with Crippen LogP contribution in [0.3, 0.4) is 0 Å². The van der Waals surface area contributed by atoms with Crippen molar-refractivity contribution in [3.8, 4) is 6.07 Å². The minimum Gasteiger partial charge on any atom is -0.379 e. The Morgan fingerprint density at radius 3 is 2.84 bits per heavy atom. The highest BCUT2D eigenvalue weighted by Gasteiger charge is 2.17. The van der Waals surface area contributed by atoms with Gasteiger partial charge in [0.05, 0.1) is 31.4 Å². The lowest BCUT2D eigenvalue weighted by Crippen LogP contribution is -2.49. The molecular weight excluding hydrogens is 321 g/mol. The average molecular weight is 347 g/mol. The normalized spacial score (nSPS) is 17.0. The highest BCUT2D eigenvalue weighted by atomic mass is 19.1. The number of aliphatic imine (C=N–C) groups is 1. The fourth-order valence-corrected chi connectivity index (χ4v) is 2.66. The van der Waals surface area contributed by atoms with Crippen LogP contribution < -0.4 is 10.6 Å². The van der Waals surface area contributed by atoms with Crippen LogP contribution in [0, 0.1) is 17.1 Å². The zero-order valence-corrected chi connectivity index (χ0v) is 14.9. The van der Waals surface area contributed by atoms with Gasteiger partial charge < -0.3 is 15.4 Å². The lowest BCUT2D eigenvalue weighted by molar-refractivity contribution is 0.0211. The summed E-state index contributed by atoms with van der Waals surface area (Å²) in [5.74, 6) is 0.296. The van der Waals surface area contributed by atoms with Crippen molar-refractivity contribution >= 4 is 5.96 Å². The van der Waals surface area contributed by atoms with Gasteiger partial charge in [-0.2, -0.15) is 5.26 Å². The molecule has 1 aliphatic heterocycles. The van der Waals surface area contributed by atoms with Crippen LogP contribution in [0.5, 0.6) is 0 Å². The van der Waals surface area contributed by atoms with Crippen molar-refractivity contribution < 1.29 is 9.13 Å². The van der Waals surface area contributed by atoms with E-state index in [2.05, 4.69) is 27.4 Å². The average Bonchev–Trinajstić information content (AvgIpc) is 2.65. The lowest BCUT2D eigenvalue weighted by Gasteiger charge is -2.32. The number of guanidine groups is 1. The quantitative estimate of drug-likeness (QED) is 0.602. The molecule has 0 aromatic heterocycles. The molecular formula is C18H26FN5O. The van der Waals surface area contributed by atoms with Crippen LogP contribution in [0.1, 0.15) is 25.0 Å². The van der Waals surface area contributed by atoms with Crippen LogP contribution in [0.15, 0.2) is 23.2 Å². The van der Waals surface area contributed by atoms with Crippen molar-refractivity contribution in [1.82, 2.24) is 15.5 Å². The number of hydrogen-bond donors (Lipinski definition) is 2. The second-order valence-electron chi connectivity index (χ2n) is 5.99. The van der Waals surface area contributed by atoms with Crippen LogP contribution >= 0.6 is 0 Å². The number of nitrogens with one attached hydrogen (secondary N) is 2. The van der Waals surface area contributed by atoms with Crippen molar-refractivity contribution in [3.63, 3.8) is 0 Å². The van der Waals surface area contributed by atoms with Crippen LogP contribution in [0.25, 0.3) is 0 Å². The maximum atomic E-state index is 13.9. The Morgan fingerprint density at radius 2 is 2.16 bits per heavy atom. The Bertz CT molecular complexity index is 622. The van der Waals surface area contributed by atoms with Gasteiger partial charge in [0.15, 0.2) is 5.96 Å². The third-order valence-electron chi connectivity index (χ3n) is 4.16. The molecule has 0 aliphatic carbocycles. The topological polar surface area (TPSA) is 72.7 Å². The van der Waals surface area contributed by atoms with Gasteiger partial charge in [-0.15, -0.1) is 0 Å². The summed E-state index contributed by atoms with van der Waals surface area (Å²) < 4.78 is 19.2. The number of hydrogen-bond acceptors (Lipinski definition) is 4. The van der Waals surface area contributed by atoms with Crippen molar-refractivity contribution in [2.24, 2.45) is 4.99 Å². The standard InChI is InChI=1S/C18H26FN5O/c1-3-21-18(22-12-14(2)24-6-8-25-9-7-24)23-13-16-10-15(11-20)4-5-17(16)19/h4-5,10,14H,3,6-9,12-13H2,1-2H3,(H2,21,22,23). The van der Waals surface area contributed by atoms with Gasteiger partial charge in [-0.3, -0.25) is 4.90 Å². The highest BCUT2D eigenvalue weighted by molar-refractivity contribution is 5.79. The Hall–Kier alpha value is -2.17. The van der Waals surface area contributed by atoms with Crippen LogP contribution in [0.4, 0.5) is 4.39 Å². The fourth-order valence-electron chi connectivity index (χ4n) is 2.66. The zero-order valence-electron chi connectivity index (χ0n) is 14.9. The Balaban J connectivity index is 1.95. The van der Waals surface area contributed by atoms with E-state index in [1.54, 1.807) is 6.07 Å². The molecule has 1 fully saturated rings. The van der Waals surface area contributed by atoms with Crippen molar-refractivity contribution in [2.75, 3.05) is 39.4 Å². The number of nitriles is 1. The molecule has 25 heavy (non-hydrogen) atoms. The number of morpholine rings is 1. The summed E-state index contributed by atoms with van der Waals surface area (Å²) in [6.07, 6.45) is 0. The van der Waals surface area contributed by atoms with Gasteiger partial charge in [-0.05, 0) is 32.0 Å². The Kier molecular flexibility index (Phi) is 7.64. The minimum absolute atomic E-state index is 0.183. The molecule has 1 saturated heterocycles. The van der Waals surface area contributed by atoms with Crippen molar-refractivity contribution in [3.05, 3.63) is 35.1 Å². The first-order chi connectivity index (χ1) is 12.1. The molecule has 1 aromatic carbocycles. The SMILES string of the molecule is CCNC(=NCc1cc(C#N)ccc1F)NCC(C)N1CCOCC1. The summed E-state index contributed by atoms with van der Waals surface area (Å²) >= 11 is 0. The third-order valence-corrected chi connectivity index (χ3v) is 4.16. The first-order valence-electron chi connectivity index (χ1n) is 8.66. The molecule has 2 rings (SSSR count). The summed E-state index contributed by atoms with van der Waals surface area (Å²) in [6, 6.07) is 6.69. The molecule has 1 aromatic rings. The summed E-state index contributed by atoms with van der Waals surface area (Å²) in [5.41, 5.74) is 0.850. The number of rotatable bonds is 6. The van der Waals surface area contributed by atoms with Gasteiger partial charge in [-0.1, -0.05) is 0 Å². The van der Waals surface area contributed by atoms with E-state index < -0.39 is 0 Å². The van der Waals surface area contributed by atoms with Gasteiger partial charge >= 0.3 is 0 Å². The van der Waals surface area contributed by atoms with E-state index in [0.717, 1.165) is 39.4 Å². The van der Waals surface area contributed by atoms with Crippen molar-refractivity contribution in [1.29, 1.82) is 5.26 Å². The molecule has 0 bridgehead atoms. The van der Waals surface area contributed by atoms with E-state index in [4.69, 9.17) is 10.00 Å². The van der Waals surface area contributed by atoms with E-state index in [1.807, 2.05) is 13.0 Å². The van der Waals surface area contributed by atoms with Gasteiger partial charge in [-0.25, -0.2) is 9.38 Å². The number of benzene rings is 1. The first kappa shape index (κ1) is 19.2. The molecule has 6 nitrogen and oxygen atoms in total. The molecule has 2 N–H and O–H groups in total. The van der Waals surface area contributed by atoms with Crippen LogP contribution in [-0.2, 0) is 11.3 Å². The van der Waals surface area contributed by atoms with Gasteiger partial charge in [0.1, 0.15) is 5.82 Å². The second-order valence-corrected chi connectivity index (χ2v) is 5.99. The maximum Gasteiger partial charge on any atom is 0.191 e. The summed E-state index contributed by atoms with van der Waals surface area (Å²) in [5, 5.41) is 15.4. The maximum absolute atomic E-state index is 13.9. The van der Waals surface area contributed by atoms with Gasteiger partial charge in [0.2, 0.25) is 0 Å². The molecule has 0 spiro atoms. The molecule has 7 heteroatoms. The van der Waals surface area contributed by atoms with Gasteiger partial charge in [0, 0.05) is 37.8 Å². The number of nitrogens with zero attached hydrogens (tertiary/aromatic N) is 3. The van der Waals surface area contributed by atoms with E-state index in [1.165, 1.54) is 12.1 Å². The highest BCUT2D eigenvalue weighted by Crippen LogP contribution is 2.11. The molecule has 1 unspecified atom stereocenters.